The lowest BCUT2D eigenvalue weighted by Gasteiger charge is -2.57. The van der Waals surface area contributed by atoms with Crippen LogP contribution in [0.15, 0.2) is 67.0 Å². The van der Waals surface area contributed by atoms with Crippen LogP contribution < -0.4 is 26.3 Å². The molecule has 2 saturated carbocycles. The summed E-state index contributed by atoms with van der Waals surface area (Å²) in [4.78, 5) is 29.3. The van der Waals surface area contributed by atoms with Gasteiger partial charge in [-0.05, 0) is 80.8 Å². The van der Waals surface area contributed by atoms with E-state index in [2.05, 4.69) is 10.3 Å². The van der Waals surface area contributed by atoms with Crippen LogP contribution in [0, 0.1) is 11.2 Å². The van der Waals surface area contributed by atoms with Crippen molar-refractivity contribution in [3.63, 3.8) is 0 Å². The summed E-state index contributed by atoms with van der Waals surface area (Å²) in [6, 6.07) is 14.6. The van der Waals surface area contributed by atoms with E-state index >= 15 is 0 Å². The van der Waals surface area contributed by atoms with E-state index in [1.54, 1.807) is 62.4 Å². The SMILES string of the molecule is CC(C)(O)COc1ccc(C(=CN)C(=O)NC2CC3(C2)CC(Oc2cc(-c4ccccc4F)ccc2C(N)=O)C3)nc1. The van der Waals surface area contributed by atoms with Gasteiger partial charge in [0.1, 0.15) is 23.9 Å². The van der Waals surface area contributed by atoms with Gasteiger partial charge >= 0.3 is 0 Å². The molecule has 2 aliphatic carbocycles. The topological polar surface area (TPSA) is 150 Å². The Morgan fingerprint density at radius 2 is 1.88 bits per heavy atom. The first-order valence-electron chi connectivity index (χ1n) is 13.9. The van der Waals surface area contributed by atoms with E-state index in [4.69, 9.17) is 20.9 Å². The minimum Gasteiger partial charge on any atom is -0.490 e. The van der Waals surface area contributed by atoms with Gasteiger partial charge in [0, 0.05) is 17.8 Å². The predicted molar refractivity (Wildman–Crippen MR) is 156 cm³/mol. The number of nitrogens with zero attached hydrogens (tertiary/aromatic N) is 1. The van der Waals surface area contributed by atoms with Crippen molar-refractivity contribution in [2.45, 2.75) is 57.3 Å². The highest BCUT2D eigenvalue weighted by Crippen LogP contribution is 2.57. The molecule has 10 heteroatoms. The monoisotopic (exact) mass is 574 g/mol. The molecule has 220 valence electrons. The number of pyridine rings is 1. The number of benzene rings is 2. The third kappa shape index (κ3) is 6.38. The molecule has 6 N–H and O–H groups in total. The van der Waals surface area contributed by atoms with E-state index in [0.29, 0.717) is 28.3 Å². The maximum atomic E-state index is 14.3. The molecule has 2 fully saturated rings. The van der Waals surface area contributed by atoms with Gasteiger partial charge in [0.15, 0.2) is 0 Å². The Balaban J connectivity index is 1.14. The Bertz CT molecular complexity index is 1500. The third-order valence-electron chi connectivity index (χ3n) is 7.76. The largest absolute Gasteiger partial charge is 0.490 e. The molecule has 2 aromatic carbocycles. The summed E-state index contributed by atoms with van der Waals surface area (Å²) in [6.07, 6.45) is 5.75. The van der Waals surface area contributed by atoms with Crippen molar-refractivity contribution in [2.24, 2.45) is 16.9 Å². The second-order valence-corrected chi connectivity index (χ2v) is 11.8. The fraction of sp³-hybridized carbons (Fsp3) is 0.344. The Morgan fingerprint density at radius 3 is 2.50 bits per heavy atom. The number of hydrogen-bond donors (Lipinski definition) is 4. The van der Waals surface area contributed by atoms with Gasteiger partial charge in [-0.25, -0.2) is 4.39 Å². The Hall–Kier alpha value is -4.44. The van der Waals surface area contributed by atoms with E-state index in [1.165, 1.54) is 18.5 Å². The molecule has 1 heterocycles. The molecular formula is C32H35FN4O5. The number of hydrogen-bond acceptors (Lipinski definition) is 7. The zero-order valence-electron chi connectivity index (χ0n) is 23.6. The molecule has 0 atom stereocenters. The number of ether oxygens (including phenoxy) is 2. The highest BCUT2D eigenvalue weighted by molar-refractivity contribution is 6.18. The maximum absolute atomic E-state index is 14.3. The molecule has 5 rings (SSSR count). The molecule has 2 amide bonds. The summed E-state index contributed by atoms with van der Waals surface area (Å²) in [5, 5.41) is 12.9. The second kappa shape index (κ2) is 11.4. The predicted octanol–water partition coefficient (Wildman–Crippen LogP) is 3.94. The van der Waals surface area contributed by atoms with Crippen LogP contribution in [0.3, 0.4) is 0 Å². The Morgan fingerprint density at radius 1 is 1.14 bits per heavy atom. The van der Waals surface area contributed by atoms with Crippen LogP contribution in [0.25, 0.3) is 16.7 Å². The van der Waals surface area contributed by atoms with Crippen LogP contribution in [-0.4, -0.2) is 46.3 Å². The number of carbonyl (C=O) groups is 2. The van der Waals surface area contributed by atoms with Gasteiger partial charge in [-0.2, -0.15) is 0 Å². The zero-order chi connectivity index (χ0) is 30.1. The normalized spacial score (nSPS) is 21.7. The van der Waals surface area contributed by atoms with Crippen molar-refractivity contribution in [2.75, 3.05) is 6.61 Å². The number of nitrogens with one attached hydrogen (secondary N) is 1. The van der Waals surface area contributed by atoms with Crippen molar-refractivity contribution in [1.82, 2.24) is 10.3 Å². The molecule has 3 aromatic rings. The number of nitrogens with two attached hydrogens (primary N) is 2. The van der Waals surface area contributed by atoms with Crippen molar-refractivity contribution < 1.29 is 28.6 Å². The first-order chi connectivity index (χ1) is 19.9. The van der Waals surface area contributed by atoms with Gasteiger partial charge in [-0.1, -0.05) is 24.3 Å². The standard InChI is InChI=1S/C32H35FN4O5/c1-31(2,40)18-41-21-8-10-27(36-17-21)25(16-34)30(39)37-20-12-32(13-20)14-22(15-32)42-28-11-19(7-9-24(28)29(35)38)23-5-3-4-6-26(23)33/h3-11,16-17,20,22,40H,12-15,18,34H2,1-2H3,(H2,35,38)(H,37,39). The number of aromatic nitrogens is 1. The Labute approximate surface area is 243 Å². The zero-order valence-corrected chi connectivity index (χ0v) is 23.6. The van der Waals surface area contributed by atoms with E-state index < -0.39 is 11.5 Å². The molecule has 42 heavy (non-hydrogen) atoms. The van der Waals surface area contributed by atoms with E-state index in [-0.39, 0.29) is 47.0 Å². The first-order valence-corrected chi connectivity index (χ1v) is 13.9. The number of rotatable bonds is 10. The van der Waals surface area contributed by atoms with E-state index in [1.807, 2.05) is 0 Å². The summed E-state index contributed by atoms with van der Waals surface area (Å²) in [5.41, 5.74) is 12.4. The molecule has 0 radical (unpaired) electrons. The molecule has 2 aliphatic rings. The van der Waals surface area contributed by atoms with Crippen LogP contribution in [-0.2, 0) is 4.79 Å². The van der Waals surface area contributed by atoms with Crippen LogP contribution in [0.4, 0.5) is 4.39 Å². The lowest BCUT2D eigenvalue weighted by Crippen LogP contribution is -2.58. The van der Waals surface area contributed by atoms with Crippen LogP contribution in [0.5, 0.6) is 11.5 Å². The van der Waals surface area contributed by atoms with Crippen molar-refractivity contribution in [3.8, 4) is 22.6 Å². The quantitative estimate of drug-likeness (QED) is 0.268. The van der Waals surface area contributed by atoms with Gasteiger partial charge in [0.2, 0.25) is 0 Å². The summed E-state index contributed by atoms with van der Waals surface area (Å²) in [7, 11) is 0. The van der Waals surface area contributed by atoms with Crippen molar-refractivity contribution in [1.29, 1.82) is 0 Å². The summed E-state index contributed by atoms with van der Waals surface area (Å²) >= 11 is 0. The van der Waals surface area contributed by atoms with Gasteiger partial charge < -0.3 is 31.4 Å². The fourth-order valence-corrected chi connectivity index (χ4v) is 5.70. The highest BCUT2D eigenvalue weighted by Gasteiger charge is 2.54. The lowest BCUT2D eigenvalue weighted by atomic mass is 9.53. The minimum atomic E-state index is -0.978. The number of aliphatic hydroxyl groups is 1. The molecule has 0 saturated heterocycles. The fourth-order valence-electron chi connectivity index (χ4n) is 5.70. The molecule has 0 unspecified atom stereocenters. The molecule has 0 aliphatic heterocycles. The molecule has 9 nitrogen and oxygen atoms in total. The number of carbonyl (C=O) groups excluding carboxylic acids is 2. The van der Waals surface area contributed by atoms with Crippen molar-refractivity contribution in [3.05, 3.63) is 84.1 Å². The lowest BCUT2D eigenvalue weighted by molar-refractivity contribution is -0.122. The first kappa shape index (κ1) is 29.1. The number of primary amides is 1. The van der Waals surface area contributed by atoms with Crippen LogP contribution in [0.1, 0.15) is 55.6 Å². The molecule has 1 aromatic heterocycles. The minimum absolute atomic E-state index is 0.00615. The van der Waals surface area contributed by atoms with E-state index in [9.17, 15) is 19.1 Å². The van der Waals surface area contributed by atoms with Crippen LogP contribution >= 0.6 is 0 Å². The smallest absolute Gasteiger partial charge is 0.255 e. The van der Waals surface area contributed by atoms with Gasteiger partial charge in [0.05, 0.1) is 34.7 Å². The number of amides is 2. The molecule has 1 spiro atoms. The Kier molecular flexibility index (Phi) is 7.92. The molecule has 0 bridgehead atoms. The third-order valence-corrected chi connectivity index (χ3v) is 7.76. The van der Waals surface area contributed by atoms with Gasteiger partial charge in [-0.15, -0.1) is 0 Å². The average Bonchev–Trinajstić information content (AvgIpc) is 2.90. The molecular weight excluding hydrogens is 539 g/mol. The number of halogens is 1. The summed E-state index contributed by atoms with van der Waals surface area (Å²) in [5.74, 6) is -0.466. The van der Waals surface area contributed by atoms with Gasteiger partial charge in [-0.3, -0.25) is 14.6 Å². The summed E-state index contributed by atoms with van der Waals surface area (Å²) < 4.78 is 26.0. The second-order valence-electron chi connectivity index (χ2n) is 11.8. The maximum Gasteiger partial charge on any atom is 0.255 e. The van der Waals surface area contributed by atoms with E-state index in [0.717, 1.165) is 25.7 Å². The highest BCUT2D eigenvalue weighted by atomic mass is 19.1. The summed E-state index contributed by atoms with van der Waals surface area (Å²) in [6.45, 7) is 3.39. The average molecular weight is 575 g/mol. The van der Waals surface area contributed by atoms with Crippen molar-refractivity contribution >= 4 is 17.4 Å². The van der Waals surface area contributed by atoms with Crippen LogP contribution in [0.2, 0.25) is 0 Å². The van der Waals surface area contributed by atoms with Gasteiger partial charge in [0.25, 0.3) is 11.8 Å².